The lowest BCUT2D eigenvalue weighted by molar-refractivity contribution is 0.202. The minimum atomic E-state index is -0.138. The van der Waals surface area contributed by atoms with E-state index in [-0.39, 0.29) is 17.6 Å². The molecule has 0 spiro atoms. The quantitative estimate of drug-likeness (QED) is 0.696. The molecule has 2 aliphatic heterocycles. The number of urea groups is 1. The van der Waals surface area contributed by atoms with Gasteiger partial charge in [-0.3, -0.25) is 4.79 Å². The molecule has 1 atom stereocenters. The fourth-order valence-electron chi connectivity index (χ4n) is 2.41. The molecule has 1 fully saturated rings. The van der Waals surface area contributed by atoms with E-state index < -0.39 is 0 Å². The highest BCUT2D eigenvalue weighted by molar-refractivity contribution is 5.83. The summed E-state index contributed by atoms with van der Waals surface area (Å²) in [6.45, 7) is 1.28. The van der Waals surface area contributed by atoms with Crippen LogP contribution in [-0.4, -0.2) is 51.8 Å². The van der Waals surface area contributed by atoms with Crippen LogP contribution in [0.1, 0.15) is 5.56 Å². The van der Waals surface area contributed by atoms with Crippen LogP contribution in [0.4, 0.5) is 4.79 Å². The predicted octanol–water partition coefficient (Wildman–Crippen LogP) is -0.0867. The van der Waals surface area contributed by atoms with Crippen molar-refractivity contribution in [3.8, 4) is 0 Å². The maximum Gasteiger partial charge on any atom is 0.320 e. The van der Waals surface area contributed by atoms with E-state index in [4.69, 9.17) is 0 Å². The molecule has 6 nitrogen and oxygen atoms in total. The molecule has 94 valence electrons. The average Bonchev–Trinajstić information content (AvgIpc) is 2.57. The van der Waals surface area contributed by atoms with Crippen LogP contribution in [0.5, 0.6) is 0 Å². The summed E-state index contributed by atoms with van der Waals surface area (Å²) in [6, 6.07) is 1.71. The zero-order valence-electron chi connectivity index (χ0n) is 10.3. The number of carbonyl (C=O) groups excluding carboxylic acids is 1. The second-order valence-corrected chi connectivity index (χ2v) is 4.74. The van der Waals surface area contributed by atoms with Gasteiger partial charge in [0.1, 0.15) is 0 Å². The zero-order valence-corrected chi connectivity index (χ0v) is 10.3. The molecule has 2 amide bonds. The van der Waals surface area contributed by atoms with Gasteiger partial charge in [0, 0.05) is 38.8 Å². The molecule has 3 heterocycles. The normalized spacial score (nSPS) is 22.4. The summed E-state index contributed by atoms with van der Waals surface area (Å²) < 4.78 is 1.29. The van der Waals surface area contributed by atoms with Crippen molar-refractivity contribution in [3.63, 3.8) is 0 Å². The van der Waals surface area contributed by atoms with Crippen LogP contribution < -0.4 is 5.56 Å². The number of hydrogen-bond donors (Lipinski definition) is 0. The topological polar surface area (TPSA) is 58.4 Å². The first-order chi connectivity index (χ1) is 8.56. The van der Waals surface area contributed by atoms with Gasteiger partial charge in [-0.25, -0.2) is 9.48 Å². The Labute approximate surface area is 104 Å². The first-order valence-corrected chi connectivity index (χ1v) is 5.82. The van der Waals surface area contributed by atoms with Gasteiger partial charge in [0.2, 0.25) is 0 Å². The highest BCUT2D eigenvalue weighted by Gasteiger charge is 2.37. The van der Waals surface area contributed by atoms with E-state index in [1.807, 2.05) is 0 Å². The van der Waals surface area contributed by atoms with Crippen molar-refractivity contribution in [1.82, 2.24) is 19.6 Å². The van der Waals surface area contributed by atoms with Crippen LogP contribution in [0.15, 0.2) is 23.1 Å². The highest BCUT2D eigenvalue weighted by Crippen LogP contribution is 2.27. The molecule has 0 radical (unpaired) electrons. The lowest BCUT2D eigenvalue weighted by Crippen LogP contribution is -2.30. The molecule has 0 saturated carbocycles. The van der Waals surface area contributed by atoms with E-state index in [1.54, 1.807) is 36.2 Å². The van der Waals surface area contributed by atoms with Gasteiger partial charge < -0.3 is 9.80 Å². The average molecular weight is 246 g/mol. The van der Waals surface area contributed by atoms with Gasteiger partial charge in [-0.2, -0.15) is 5.10 Å². The number of amides is 2. The molecule has 0 aromatic carbocycles. The van der Waals surface area contributed by atoms with Crippen LogP contribution in [0.25, 0.3) is 5.57 Å². The fraction of sp³-hybridized carbons (Fsp3) is 0.417. The molecule has 0 N–H and O–H groups in total. The summed E-state index contributed by atoms with van der Waals surface area (Å²) in [5.74, 6) is 0. The van der Waals surface area contributed by atoms with Crippen molar-refractivity contribution < 1.29 is 4.79 Å². The summed E-state index contributed by atoms with van der Waals surface area (Å²) >= 11 is 0. The lowest BCUT2D eigenvalue weighted by Gasteiger charge is -2.21. The van der Waals surface area contributed by atoms with Crippen molar-refractivity contribution in [2.24, 2.45) is 7.05 Å². The smallest absolute Gasteiger partial charge is 0.319 e. The third-order valence-electron chi connectivity index (χ3n) is 3.57. The van der Waals surface area contributed by atoms with Crippen molar-refractivity contribution in [1.29, 1.82) is 0 Å². The van der Waals surface area contributed by atoms with E-state index in [0.717, 1.165) is 17.7 Å². The highest BCUT2D eigenvalue weighted by atomic mass is 16.2. The second-order valence-electron chi connectivity index (χ2n) is 4.74. The lowest BCUT2D eigenvalue weighted by atomic mass is 10.0. The molecular weight excluding hydrogens is 232 g/mol. The van der Waals surface area contributed by atoms with Gasteiger partial charge in [0.15, 0.2) is 0 Å². The van der Waals surface area contributed by atoms with Crippen molar-refractivity contribution in [3.05, 3.63) is 34.3 Å². The summed E-state index contributed by atoms with van der Waals surface area (Å²) in [5.41, 5.74) is 1.66. The van der Waals surface area contributed by atoms with Crippen molar-refractivity contribution in [2.75, 3.05) is 20.1 Å². The molecule has 1 saturated heterocycles. The first-order valence-electron chi connectivity index (χ1n) is 5.82. The number of aryl methyl sites for hydroxylation is 1. The van der Waals surface area contributed by atoms with Crippen LogP contribution >= 0.6 is 0 Å². The van der Waals surface area contributed by atoms with E-state index >= 15 is 0 Å². The van der Waals surface area contributed by atoms with Crippen molar-refractivity contribution in [2.45, 2.75) is 6.04 Å². The van der Waals surface area contributed by atoms with Gasteiger partial charge in [-0.15, -0.1) is 0 Å². The Kier molecular flexibility index (Phi) is 2.26. The minimum Gasteiger partial charge on any atom is -0.319 e. The van der Waals surface area contributed by atoms with Gasteiger partial charge in [0.25, 0.3) is 5.56 Å². The fourth-order valence-corrected chi connectivity index (χ4v) is 2.41. The van der Waals surface area contributed by atoms with Crippen LogP contribution in [0.2, 0.25) is 0 Å². The van der Waals surface area contributed by atoms with Crippen LogP contribution in [0, 0.1) is 0 Å². The summed E-state index contributed by atoms with van der Waals surface area (Å²) in [4.78, 5) is 26.9. The van der Waals surface area contributed by atoms with Gasteiger partial charge in [-0.1, -0.05) is 6.08 Å². The Hall–Kier alpha value is -2.11. The van der Waals surface area contributed by atoms with Gasteiger partial charge in [0.05, 0.1) is 12.2 Å². The first kappa shape index (κ1) is 11.0. The summed E-state index contributed by atoms with van der Waals surface area (Å²) in [6.07, 6.45) is 3.72. The molecule has 2 aliphatic rings. The SMILES string of the molecule is CN1C(=O)N2CC(c3cnn(C)c(=O)c3)=CC1C2. The zero-order chi connectivity index (χ0) is 12.9. The number of fused-ring (bicyclic) bond motifs is 2. The Bertz CT molecular complexity index is 604. The minimum absolute atomic E-state index is 0.0445. The molecule has 1 aromatic rings. The van der Waals surface area contributed by atoms with E-state index in [2.05, 4.69) is 11.2 Å². The maximum atomic E-state index is 11.8. The molecule has 2 bridgehead atoms. The largest absolute Gasteiger partial charge is 0.320 e. The standard InChI is InChI=1S/C12H14N4O2/c1-14-10-3-9(6-16(7-10)12(14)18)8-4-11(17)15(2)13-5-8/h3-5,10H,6-7H2,1-2H3. The molecule has 6 heteroatoms. The van der Waals surface area contributed by atoms with Gasteiger partial charge >= 0.3 is 6.03 Å². The van der Waals surface area contributed by atoms with E-state index in [1.165, 1.54) is 4.68 Å². The third kappa shape index (κ3) is 1.53. The number of hydrogen-bond acceptors (Lipinski definition) is 3. The molecule has 18 heavy (non-hydrogen) atoms. The van der Waals surface area contributed by atoms with Gasteiger partial charge in [-0.05, 0) is 5.57 Å². The number of nitrogens with zero attached hydrogens (tertiary/aromatic N) is 4. The number of rotatable bonds is 1. The Morgan fingerprint density at radius 2 is 2.11 bits per heavy atom. The van der Waals surface area contributed by atoms with Crippen LogP contribution in [0.3, 0.4) is 0 Å². The number of aromatic nitrogens is 2. The van der Waals surface area contributed by atoms with Crippen molar-refractivity contribution >= 4 is 11.6 Å². The third-order valence-corrected chi connectivity index (χ3v) is 3.57. The molecule has 1 aromatic heterocycles. The predicted molar refractivity (Wildman–Crippen MR) is 66.0 cm³/mol. The number of carbonyl (C=O) groups is 1. The second kappa shape index (κ2) is 3.69. The van der Waals surface area contributed by atoms with Crippen LogP contribution in [-0.2, 0) is 7.05 Å². The summed E-state index contributed by atoms with van der Waals surface area (Å²) in [5, 5.41) is 4.01. The maximum absolute atomic E-state index is 11.8. The summed E-state index contributed by atoms with van der Waals surface area (Å²) in [7, 11) is 3.42. The molecular formula is C12H14N4O2. The molecule has 3 rings (SSSR count). The molecule has 1 unspecified atom stereocenters. The van der Waals surface area contributed by atoms with E-state index in [0.29, 0.717) is 6.54 Å². The molecule has 0 aliphatic carbocycles. The number of likely N-dealkylation sites (N-methyl/N-ethyl adjacent to an activating group) is 1. The monoisotopic (exact) mass is 246 g/mol. The Balaban J connectivity index is 1.99. The Morgan fingerprint density at radius 3 is 2.78 bits per heavy atom. The Morgan fingerprint density at radius 1 is 1.33 bits per heavy atom. The van der Waals surface area contributed by atoms with E-state index in [9.17, 15) is 9.59 Å².